The number of aryl methyl sites for hydroxylation is 1. The van der Waals surface area contributed by atoms with Gasteiger partial charge in [-0.2, -0.15) is 0 Å². The molecule has 3 N–H and O–H groups in total. The van der Waals surface area contributed by atoms with Gasteiger partial charge in [0.15, 0.2) is 0 Å². The van der Waals surface area contributed by atoms with Gasteiger partial charge in [-0.1, -0.05) is 41.3 Å². The third kappa shape index (κ3) is 5.92. The summed E-state index contributed by atoms with van der Waals surface area (Å²) < 4.78 is 7.96. The molecule has 1 aliphatic carbocycles. The van der Waals surface area contributed by atoms with Crippen molar-refractivity contribution in [1.29, 1.82) is 0 Å². The Labute approximate surface area is 197 Å². The summed E-state index contributed by atoms with van der Waals surface area (Å²) in [7, 11) is 0. The van der Waals surface area contributed by atoms with Crippen molar-refractivity contribution >= 4 is 34.9 Å². The standard InChI is InChI=1S/C22H29Cl2N5O3/c23-17-7-5-15(11-18(17)24)25-22(31)26-19-8-6-16(32-21(19)13-30)9-10-29-12-20(27-28-29)14-3-1-2-4-14/h5,7,11-12,14,16,19,21,30H,1-4,6,8-10,13H2,(H2,25,26,31)/t16-,19-,21-/m1/s1. The molecule has 1 aromatic heterocycles. The van der Waals surface area contributed by atoms with Gasteiger partial charge in [-0.3, -0.25) is 4.68 Å². The summed E-state index contributed by atoms with van der Waals surface area (Å²) >= 11 is 11.9. The molecule has 32 heavy (non-hydrogen) atoms. The van der Waals surface area contributed by atoms with E-state index in [1.807, 2.05) is 4.68 Å². The summed E-state index contributed by atoms with van der Waals surface area (Å²) in [4.78, 5) is 12.4. The monoisotopic (exact) mass is 481 g/mol. The summed E-state index contributed by atoms with van der Waals surface area (Å²) in [5.41, 5.74) is 1.63. The van der Waals surface area contributed by atoms with Gasteiger partial charge < -0.3 is 20.5 Å². The lowest BCUT2D eigenvalue weighted by atomic mass is 9.97. The van der Waals surface area contributed by atoms with Crippen LogP contribution < -0.4 is 10.6 Å². The molecule has 8 nitrogen and oxygen atoms in total. The molecule has 4 rings (SSSR count). The zero-order chi connectivity index (χ0) is 22.5. The first-order valence-corrected chi connectivity index (χ1v) is 12.0. The number of aliphatic hydroxyl groups excluding tert-OH is 1. The van der Waals surface area contributed by atoms with Gasteiger partial charge in [0.1, 0.15) is 6.10 Å². The van der Waals surface area contributed by atoms with Crippen LogP contribution in [0.15, 0.2) is 24.4 Å². The van der Waals surface area contributed by atoms with Crippen molar-refractivity contribution in [2.24, 2.45) is 0 Å². The van der Waals surface area contributed by atoms with Gasteiger partial charge in [0, 0.05) is 24.3 Å². The molecule has 0 unspecified atom stereocenters. The zero-order valence-corrected chi connectivity index (χ0v) is 19.4. The van der Waals surface area contributed by atoms with E-state index in [-0.39, 0.29) is 24.8 Å². The average molecular weight is 482 g/mol. The average Bonchev–Trinajstić information content (AvgIpc) is 3.47. The van der Waals surface area contributed by atoms with Gasteiger partial charge in [-0.05, 0) is 50.3 Å². The summed E-state index contributed by atoms with van der Waals surface area (Å²) in [6.45, 7) is 0.557. The maximum atomic E-state index is 12.4. The Kier molecular flexibility index (Phi) is 7.88. The number of aliphatic hydroxyl groups is 1. The number of carbonyl (C=O) groups excluding carboxylic acids is 1. The minimum atomic E-state index is -0.460. The van der Waals surface area contributed by atoms with Crippen LogP contribution in [0.1, 0.15) is 56.6 Å². The van der Waals surface area contributed by atoms with Crippen LogP contribution in [-0.4, -0.2) is 51.0 Å². The van der Waals surface area contributed by atoms with Gasteiger partial charge in [0.2, 0.25) is 0 Å². The molecule has 10 heteroatoms. The van der Waals surface area contributed by atoms with E-state index in [2.05, 4.69) is 27.1 Å². The summed E-state index contributed by atoms with van der Waals surface area (Å²) in [5.74, 6) is 0.551. The third-order valence-electron chi connectivity index (χ3n) is 6.30. The first-order valence-electron chi connectivity index (χ1n) is 11.2. The Morgan fingerprint density at radius 2 is 2.00 bits per heavy atom. The predicted molar refractivity (Wildman–Crippen MR) is 123 cm³/mol. The first-order chi connectivity index (χ1) is 15.5. The van der Waals surface area contributed by atoms with E-state index in [0.29, 0.717) is 21.7 Å². The van der Waals surface area contributed by atoms with Crippen LogP contribution >= 0.6 is 23.2 Å². The fraction of sp³-hybridized carbons (Fsp3) is 0.591. The van der Waals surface area contributed by atoms with Gasteiger partial charge in [-0.15, -0.1) is 5.10 Å². The number of anilines is 1. The third-order valence-corrected chi connectivity index (χ3v) is 7.04. The quantitative estimate of drug-likeness (QED) is 0.545. The highest BCUT2D eigenvalue weighted by molar-refractivity contribution is 6.42. The van der Waals surface area contributed by atoms with Gasteiger partial charge in [0.05, 0.1) is 34.5 Å². The molecule has 1 saturated carbocycles. The largest absolute Gasteiger partial charge is 0.394 e. The number of urea groups is 1. The Bertz CT molecular complexity index is 919. The molecular formula is C22H29Cl2N5O3. The number of ether oxygens (including phenoxy) is 1. The lowest BCUT2D eigenvalue weighted by molar-refractivity contribution is -0.0905. The zero-order valence-electron chi connectivity index (χ0n) is 17.8. The Morgan fingerprint density at radius 3 is 2.75 bits per heavy atom. The van der Waals surface area contributed by atoms with E-state index in [4.69, 9.17) is 27.9 Å². The fourth-order valence-corrected chi connectivity index (χ4v) is 4.82. The van der Waals surface area contributed by atoms with Crippen molar-refractivity contribution in [1.82, 2.24) is 20.3 Å². The van der Waals surface area contributed by atoms with Crippen LogP contribution in [0.2, 0.25) is 10.0 Å². The number of nitrogens with zero attached hydrogens (tertiary/aromatic N) is 3. The van der Waals surface area contributed by atoms with Crippen LogP contribution in [0.5, 0.6) is 0 Å². The molecule has 2 heterocycles. The normalized spacial score (nSPS) is 23.9. The van der Waals surface area contributed by atoms with Crippen molar-refractivity contribution in [3.63, 3.8) is 0 Å². The molecule has 0 bridgehead atoms. The molecule has 174 valence electrons. The number of amides is 2. The minimum absolute atomic E-state index is 0.00228. The van der Waals surface area contributed by atoms with Gasteiger partial charge in [-0.25, -0.2) is 4.79 Å². The Morgan fingerprint density at radius 1 is 1.19 bits per heavy atom. The van der Waals surface area contributed by atoms with Crippen LogP contribution in [-0.2, 0) is 11.3 Å². The molecule has 1 saturated heterocycles. The SMILES string of the molecule is O=C(Nc1ccc(Cl)c(Cl)c1)N[C@@H]1CC[C@H](CCn2cc(C3CCCC3)nn2)O[C@@H]1CO. The van der Waals surface area contributed by atoms with E-state index in [1.165, 1.54) is 25.7 Å². The van der Waals surface area contributed by atoms with E-state index in [0.717, 1.165) is 31.5 Å². The Hall–Kier alpha value is -1.87. The second kappa shape index (κ2) is 10.8. The molecule has 0 spiro atoms. The summed E-state index contributed by atoms with van der Waals surface area (Å²) in [6, 6.07) is 4.22. The van der Waals surface area contributed by atoms with Crippen molar-refractivity contribution in [3.05, 3.63) is 40.1 Å². The second-order valence-corrected chi connectivity index (χ2v) is 9.38. The van der Waals surface area contributed by atoms with Crippen molar-refractivity contribution in [2.75, 3.05) is 11.9 Å². The van der Waals surface area contributed by atoms with Crippen LogP contribution in [0.25, 0.3) is 0 Å². The van der Waals surface area contributed by atoms with Crippen LogP contribution in [0, 0.1) is 0 Å². The van der Waals surface area contributed by atoms with Crippen molar-refractivity contribution in [3.8, 4) is 0 Å². The molecule has 2 aliphatic rings. The molecule has 0 radical (unpaired) electrons. The molecule has 1 aromatic carbocycles. The second-order valence-electron chi connectivity index (χ2n) is 8.57. The number of benzene rings is 1. The number of aromatic nitrogens is 3. The summed E-state index contributed by atoms with van der Waals surface area (Å²) in [6.07, 6.45) is 8.85. The van der Waals surface area contributed by atoms with E-state index in [1.54, 1.807) is 18.2 Å². The van der Waals surface area contributed by atoms with Gasteiger partial charge in [0.25, 0.3) is 0 Å². The van der Waals surface area contributed by atoms with E-state index in [9.17, 15) is 9.90 Å². The van der Waals surface area contributed by atoms with E-state index < -0.39 is 6.10 Å². The van der Waals surface area contributed by atoms with Crippen LogP contribution in [0.4, 0.5) is 10.5 Å². The number of carbonyl (C=O) groups is 1. The topological polar surface area (TPSA) is 101 Å². The first kappa shape index (κ1) is 23.3. The van der Waals surface area contributed by atoms with Crippen LogP contribution in [0.3, 0.4) is 0 Å². The molecule has 2 aromatic rings. The van der Waals surface area contributed by atoms with Crippen molar-refractivity contribution < 1.29 is 14.6 Å². The smallest absolute Gasteiger partial charge is 0.319 e. The number of hydrogen-bond donors (Lipinski definition) is 3. The number of hydrogen-bond acceptors (Lipinski definition) is 5. The molecular weight excluding hydrogens is 453 g/mol. The number of rotatable bonds is 7. The molecule has 2 fully saturated rings. The highest BCUT2D eigenvalue weighted by Gasteiger charge is 2.32. The molecule has 3 atom stereocenters. The van der Waals surface area contributed by atoms with E-state index >= 15 is 0 Å². The lowest BCUT2D eigenvalue weighted by Gasteiger charge is -2.36. The minimum Gasteiger partial charge on any atom is -0.394 e. The molecule has 1 aliphatic heterocycles. The van der Waals surface area contributed by atoms with Crippen molar-refractivity contribution in [2.45, 2.75) is 75.7 Å². The highest BCUT2D eigenvalue weighted by atomic mass is 35.5. The predicted octanol–water partition coefficient (Wildman–Crippen LogP) is 4.36. The Balaban J connectivity index is 1.24. The maximum absolute atomic E-state index is 12.4. The highest BCUT2D eigenvalue weighted by Crippen LogP contribution is 2.32. The fourth-order valence-electron chi connectivity index (χ4n) is 4.53. The maximum Gasteiger partial charge on any atom is 0.319 e. The molecule has 2 amide bonds. The van der Waals surface area contributed by atoms with Gasteiger partial charge >= 0.3 is 6.03 Å². The number of nitrogens with one attached hydrogen (secondary N) is 2. The lowest BCUT2D eigenvalue weighted by Crippen LogP contribution is -2.52. The number of halogens is 2. The summed E-state index contributed by atoms with van der Waals surface area (Å²) in [5, 5.41) is 24.8.